The molecule has 0 amide bonds. The van der Waals surface area contributed by atoms with Crippen LogP contribution >= 0.6 is 0 Å². The highest BCUT2D eigenvalue weighted by Gasteiger charge is 2.45. The highest BCUT2D eigenvalue weighted by molar-refractivity contribution is 5.67. The molecule has 0 bridgehead atoms. The van der Waals surface area contributed by atoms with Crippen molar-refractivity contribution in [3.63, 3.8) is 0 Å². The molecule has 1 aromatic rings. The number of aliphatic carboxylic acids is 1. The molecule has 0 aromatic heterocycles. The largest absolute Gasteiger partial charge is 0.508 e. The predicted molar refractivity (Wildman–Crippen MR) is 76.9 cm³/mol. The third-order valence-corrected chi connectivity index (χ3v) is 5.34. The van der Waals surface area contributed by atoms with Gasteiger partial charge in [0.05, 0.1) is 0 Å². The molecule has 20 heavy (non-hydrogen) atoms. The molecule has 0 saturated heterocycles. The second-order valence-electron chi connectivity index (χ2n) is 6.39. The van der Waals surface area contributed by atoms with Gasteiger partial charge in [0.25, 0.3) is 0 Å². The van der Waals surface area contributed by atoms with E-state index in [4.69, 9.17) is 0 Å². The molecular formula is C17H22O3. The van der Waals surface area contributed by atoms with Gasteiger partial charge in [-0.15, -0.1) is 0 Å². The molecule has 0 heterocycles. The van der Waals surface area contributed by atoms with Crippen LogP contribution < -0.4 is 0 Å². The first kappa shape index (κ1) is 13.5. The van der Waals surface area contributed by atoms with Crippen LogP contribution in [0, 0.1) is 5.92 Å². The van der Waals surface area contributed by atoms with Crippen LogP contribution in [-0.2, 0) is 16.6 Å². The lowest BCUT2D eigenvalue weighted by molar-refractivity contribution is -0.139. The van der Waals surface area contributed by atoms with E-state index in [9.17, 15) is 15.0 Å². The molecule has 1 atom stereocenters. The quantitative estimate of drug-likeness (QED) is 0.865. The third kappa shape index (κ3) is 2.19. The Balaban J connectivity index is 2.06. The lowest BCUT2D eigenvalue weighted by atomic mass is 9.56. The van der Waals surface area contributed by atoms with Gasteiger partial charge in [0, 0.05) is 6.42 Å². The summed E-state index contributed by atoms with van der Waals surface area (Å²) in [4.78, 5) is 11.2. The van der Waals surface area contributed by atoms with Crippen LogP contribution in [-0.4, -0.2) is 16.2 Å². The van der Waals surface area contributed by atoms with Gasteiger partial charge in [-0.05, 0) is 60.3 Å². The summed E-state index contributed by atoms with van der Waals surface area (Å²) in [6.07, 6.45) is 7.89. The summed E-state index contributed by atoms with van der Waals surface area (Å²) in [5.41, 5.74) is 2.53. The number of carboxylic acids is 1. The van der Waals surface area contributed by atoms with Gasteiger partial charge in [0.1, 0.15) is 5.75 Å². The Morgan fingerprint density at radius 1 is 1.25 bits per heavy atom. The van der Waals surface area contributed by atoms with E-state index in [0.29, 0.717) is 5.75 Å². The van der Waals surface area contributed by atoms with E-state index in [-0.39, 0.29) is 17.8 Å². The van der Waals surface area contributed by atoms with Crippen LogP contribution in [0.25, 0.3) is 0 Å². The molecule has 2 N–H and O–H groups in total. The number of hydrogen-bond acceptors (Lipinski definition) is 2. The van der Waals surface area contributed by atoms with Crippen LogP contribution in [0.2, 0.25) is 0 Å². The summed E-state index contributed by atoms with van der Waals surface area (Å²) in [6.45, 7) is 0. The van der Waals surface area contributed by atoms with Crippen molar-refractivity contribution >= 4 is 5.97 Å². The van der Waals surface area contributed by atoms with Crippen molar-refractivity contribution in [2.45, 2.75) is 56.8 Å². The minimum atomic E-state index is -0.691. The number of phenols is 1. The normalized spacial score (nSPS) is 24.3. The lowest BCUT2D eigenvalue weighted by Gasteiger charge is -2.48. The molecule has 1 aromatic carbocycles. The fraction of sp³-hybridized carbons (Fsp3) is 0.588. The summed E-state index contributed by atoms with van der Waals surface area (Å²) in [6, 6.07) is 5.68. The average Bonchev–Trinajstić information content (AvgIpc) is 2.44. The number of hydrogen-bond donors (Lipinski definition) is 2. The molecule has 108 valence electrons. The van der Waals surface area contributed by atoms with Gasteiger partial charge in [-0.25, -0.2) is 0 Å². The third-order valence-electron chi connectivity index (χ3n) is 5.34. The minimum absolute atomic E-state index is 0.0109. The molecule has 3 rings (SSSR count). The molecular weight excluding hydrogens is 252 g/mol. The second kappa shape index (κ2) is 5.12. The van der Waals surface area contributed by atoms with Gasteiger partial charge < -0.3 is 10.2 Å². The Morgan fingerprint density at radius 2 is 2.00 bits per heavy atom. The van der Waals surface area contributed by atoms with Crippen molar-refractivity contribution in [2.75, 3.05) is 0 Å². The van der Waals surface area contributed by atoms with Crippen molar-refractivity contribution in [3.05, 3.63) is 29.3 Å². The zero-order chi connectivity index (χ0) is 14.2. The molecule has 1 unspecified atom stereocenters. The maximum absolute atomic E-state index is 11.2. The highest BCUT2D eigenvalue weighted by atomic mass is 16.4. The van der Waals surface area contributed by atoms with E-state index >= 15 is 0 Å². The molecule has 2 aliphatic carbocycles. The van der Waals surface area contributed by atoms with E-state index in [0.717, 1.165) is 25.7 Å². The Labute approximate surface area is 119 Å². The first-order valence-electron chi connectivity index (χ1n) is 7.66. The Kier molecular flexibility index (Phi) is 3.45. The van der Waals surface area contributed by atoms with E-state index in [2.05, 4.69) is 0 Å². The Morgan fingerprint density at radius 3 is 2.70 bits per heavy atom. The number of aryl methyl sites for hydroxylation is 1. The maximum atomic E-state index is 11.2. The number of phenolic OH excluding ortho intramolecular Hbond substituents is 1. The van der Waals surface area contributed by atoms with Crippen molar-refractivity contribution in [1.29, 1.82) is 0 Å². The number of rotatable bonds is 2. The average molecular weight is 274 g/mol. The number of aromatic hydroxyl groups is 1. The summed E-state index contributed by atoms with van der Waals surface area (Å²) < 4.78 is 0. The first-order valence-corrected chi connectivity index (χ1v) is 7.66. The summed E-state index contributed by atoms with van der Waals surface area (Å²) >= 11 is 0. The highest BCUT2D eigenvalue weighted by Crippen LogP contribution is 2.52. The monoisotopic (exact) mass is 274 g/mol. The summed E-state index contributed by atoms with van der Waals surface area (Å²) in [7, 11) is 0. The van der Waals surface area contributed by atoms with E-state index in [1.54, 1.807) is 6.07 Å². The number of fused-ring (bicyclic) bond motifs is 2. The van der Waals surface area contributed by atoms with E-state index in [1.165, 1.54) is 30.4 Å². The van der Waals surface area contributed by atoms with Gasteiger partial charge in [0.2, 0.25) is 0 Å². The fourth-order valence-electron chi connectivity index (χ4n) is 4.44. The molecule has 1 saturated carbocycles. The molecule has 0 aliphatic heterocycles. The smallest absolute Gasteiger partial charge is 0.303 e. The molecule has 3 nitrogen and oxygen atoms in total. The molecule has 3 heteroatoms. The van der Waals surface area contributed by atoms with E-state index in [1.807, 2.05) is 12.1 Å². The number of carbonyl (C=O) groups is 1. The fourth-order valence-corrected chi connectivity index (χ4v) is 4.44. The van der Waals surface area contributed by atoms with Gasteiger partial charge in [-0.3, -0.25) is 4.79 Å². The Bertz CT molecular complexity index is 515. The number of benzene rings is 1. The molecule has 0 radical (unpaired) electrons. The first-order chi connectivity index (χ1) is 9.62. The zero-order valence-electron chi connectivity index (χ0n) is 11.8. The maximum Gasteiger partial charge on any atom is 0.303 e. The SMILES string of the molecule is O=C(O)CC1CCc2ccc(O)cc2C12CCCCC2. The summed E-state index contributed by atoms with van der Waals surface area (Å²) in [5.74, 6) is -0.164. The topological polar surface area (TPSA) is 57.5 Å². The van der Waals surface area contributed by atoms with Crippen molar-refractivity contribution in [1.82, 2.24) is 0 Å². The lowest BCUT2D eigenvalue weighted by Crippen LogP contribution is -2.42. The summed E-state index contributed by atoms with van der Waals surface area (Å²) in [5, 5.41) is 19.1. The van der Waals surface area contributed by atoms with Crippen molar-refractivity contribution in [2.24, 2.45) is 5.92 Å². The van der Waals surface area contributed by atoms with Crippen LogP contribution in [0.1, 0.15) is 56.1 Å². The van der Waals surface area contributed by atoms with Crippen LogP contribution in [0.5, 0.6) is 5.75 Å². The second-order valence-corrected chi connectivity index (χ2v) is 6.39. The van der Waals surface area contributed by atoms with Gasteiger partial charge in [-0.1, -0.05) is 25.3 Å². The van der Waals surface area contributed by atoms with E-state index < -0.39 is 5.97 Å². The molecule has 1 fully saturated rings. The number of carboxylic acid groups (broad SMARTS) is 1. The predicted octanol–water partition coefficient (Wildman–Crippen LogP) is 3.63. The Hall–Kier alpha value is -1.51. The molecule has 2 aliphatic rings. The van der Waals surface area contributed by atoms with Gasteiger partial charge >= 0.3 is 5.97 Å². The van der Waals surface area contributed by atoms with Gasteiger partial charge in [-0.2, -0.15) is 0 Å². The van der Waals surface area contributed by atoms with Crippen LogP contribution in [0.3, 0.4) is 0 Å². The van der Waals surface area contributed by atoms with Crippen molar-refractivity contribution in [3.8, 4) is 5.75 Å². The van der Waals surface area contributed by atoms with Crippen LogP contribution in [0.15, 0.2) is 18.2 Å². The zero-order valence-corrected chi connectivity index (χ0v) is 11.8. The van der Waals surface area contributed by atoms with Crippen LogP contribution in [0.4, 0.5) is 0 Å². The minimum Gasteiger partial charge on any atom is -0.508 e. The van der Waals surface area contributed by atoms with Crippen molar-refractivity contribution < 1.29 is 15.0 Å². The molecule has 1 spiro atoms. The standard InChI is InChI=1S/C17H22O3/c18-14-7-5-12-4-6-13(10-16(19)20)17(15(12)11-14)8-2-1-3-9-17/h5,7,11,13,18H,1-4,6,8-10H2,(H,19,20). The van der Waals surface area contributed by atoms with Gasteiger partial charge in [0.15, 0.2) is 0 Å².